The third kappa shape index (κ3) is 3.48. The van der Waals surface area contributed by atoms with Gasteiger partial charge in [-0.3, -0.25) is 0 Å². The van der Waals surface area contributed by atoms with Gasteiger partial charge in [-0.05, 0) is 37.6 Å². The van der Waals surface area contributed by atoms with Crippen LogP contribution >= 0.6 is 11.8 Å². The standard InChI is InChI=1S/C14H21NO3S2/c1-3-4-10-18-13-5-7-14(8-6-13)20(16,17)15-9-11-19-12(15)2/h5-8,12H,3-4,9-11H2,1-2H3. The van der Waals surface area contributed by atoms with E-state index in [2.05, 4.69) is 6.92 Å². The van der Waals surface area contributed by atoms with Gasteiger partial charge in [-0.25, -0.2) is 8.42 Å². The Labute approximate surface area is 125 Å². The Balaban J connectivity index is 2.09. The number of thioether (sulfide) groups is 1. The molecule has 0 radical (unpaired) electrons. The van der Waals surface area contributed by atoms with Crippen LogP contribution in [0.1, 0.15) is 26.7 Å². The van der Waals surface area contributed by atoms with Gasteiger partial charge in [0, 0.05) is 12.3 Å². The molecule has 1 aliphatic rings. The summed E-state index contributed by atoms with van der Waals surface area (Å²) in [5.41, 5.74) is 0. The zero-order valence-electron chi connectivity index (χ0n) is 11.9. The first-order valence-corrected chi connectivity index (χ1v) is 9.41. The van der Waals surface area contributed by atoms with Crippen molar-refractivity contribution in [2.24, 2.45) is 0 Å². The molecule has 0 bridgehead atoms. The number of ether oxygens (including phenoxy) is 1. The minimum absolute atomic E-state index is 0.0143. The van der Waals surface area contributed by atoms with Crippen LogP contribution in [0.3, 0.4) is 0 Å². The topological polar surface area (TPSA) is 46.6 Å². The molecule has 1 heterocycles. The van der Waals surface area contributed by atoms with Crippen molar-refractivity contribution in [2.45, 2.75) is 37.0 Å². The fraction of sp³-hybridized carbons (Fsp3) is 0.571. The monoisotopic (exact) mass is 315 g/mol. The van der Waals surface area contributed by atoms with Crippen molar-refractivity contribution in [3.05, 3.63) is 24.3 Å². The normalized spacial score (nSPS) is 20.2. The second kappa shape index (κ2) is 6.83. The number of benzene rings is 1. The van der Waals surface area contributed by atoms with Gasteiger partial charge in [0.1, 0.15) is 5.75 Å². The molecule has 0 amide bonds. The van der Waals surface area contributed by atoms with Gasteiger partial charge in [0.2, 0.25) is 10.0 Å². The van der Waals surface area contributed by atoms with E-state index in [-0.39, 0.29) is 5.37 Å². The molecule has 1 fully saturated rings. The van der Waals surface area contributed by atoms with E-state index in [1.807, 2.05) is 6.92 Å². The van der Waals surface area contributed by atoms with Crippen molar-refractivity contribution in [2.75, 3.05) is 18.9 Å². The summed E-state index contributed by atoms with van der Waals surface area (Å²) in [6.07, 6.45) is 2.08. The van der Waals surface area contributed by atoms with E-state index >= 15 is 0 Å². The lowest BCUT2D eigenvalue weighted by Crippen LogP contribution is -2.33. The minimum atomic E-state index is -3.37. The number of unbranched alkanes of at least 4 members (excludes halogenated alkanes) is 1. The predicted octanol–water partition coefficient (Wildman–Crippen LogP) is 2.95. The molecule has 6 heteroatoms. The molecule has 1 unspecified atom stereocenters. The Morgan fingerprint density at radius 1 is 1.35 bits per heavy atom. The maximum atomic E-state index is 12.5. The van der Waals surface area contributed by atoms with Crippen LogP contribution in [0, 0.1) is 0 Å². The quantitative estimate of drug-likeness (QED) is 0.757. The number of hydrogen-bond donors (Lipinski definition) is 0. The smallest absolute Gasteiger partial charge is 0.244 e. The van der Waals surface area contributed by atoms with Crippen LogP contribution in [-0.2, 0) is 10.0 Å². The van der Waals surface area contributed by atoms with E-state index in [0.717, 1.165) is 24.3 Å². The van der Waals surface area contributed by atoms with Crippen LogP contribution in [-0.4, -0.2) is 37.0 Å². The van der Waals surface area contributed by atoms with Gasteiger partial charge >= 0.3 is 0 Å². The van der Waals surface area contributed by atoms with Crippen LogP contribution in [0.15, 0.2) is 29.2 Å². The minimum Gasteiger partial charge on any atom is -0.494 e. The summed E-state index contributed by atoms with van der Waals surface area (Å²) < 4.78 is 32.1. The van der Waals surface area contributed by atoms with E-state index in [4.69, 9.17) is 4.74 Å². The van der Waals surface area contributed by atoms with Gasteiger partial charge in [0.05, 0.1) is 16.9 Å². The molecule has 1 atom stereocenters. The summed E-state index contributed by atoms with van der Waals surface area (Å²) in [4.78, 5) is 0.342. The average molecular weight is 315 g/mol. The summed E-state index contributed by atoms with van der Waals surface area (Å²) in [5, 5.41) is 0.0143. The molecule has 0 saturated carbocycles. The molecule has 0 aliphatic carbocycles. The number of rotatable bonds is 6. The van der Waals surface area contributed by atoms with Gasteiger partial charge in [-0.15, -0.1) is 11.8 Å². The highest BCUT2D eigenvalue weighted by atomic mass is 32.2. The molecule has 2 rings (SSSR count). The highest BCUT2D eigenvalue weighted by Crippen LogP contribution is 2.30. The van der Waals surface area contributed by atoms with Gasteiger partial charge < -0.3 is 4.74 Å². The lowest BCUT2D eigenvalue weighted by Gasteiger charge is -2.20. The van der Waals surface area contributed by atoms with E-state index in [1.165, 1.54) is 0 Å². The first-order valence-electron chi connectivity index (χ1n) is 6.92. The fourth-order valence-corrected chi connectivity index (χ4v) is 5.10. The highest BCUT2D eigenvalue weighted by Gasteiger charge is 2.32. The van der Waals surface area contributed by atoms with Gasteiger partial charge in [-0.1, -0.05) is 13.3 Å². The molecule has 4 nitrogen and oxygen atoms in total. The largest absolute Gasteiger partial charge is 0.494 e. The molecule has 112 valence electrons. The van der Waals surface area contributed by atoms with Crippen LogP contribution in [0.2, 0.25) is 0 Å². The second-order valence-electron chi connectivity index (χ2n) is 4.76. The van der Waals surface area contributed by atoms with Gasteiger partial charge in [0.25, 0.3) is 0 Å². The Morgan fingerprint density at radius 2 is 2.05 bits per heavy atom. The third-order valence-corrected chi connectivity index (χ3v) is 6.55. The summed E-state index contributed by atoms with van der Waals surface area (Å²) in [6, 6.07) is 6.73. The summed E-state index contributed by atoms with van der Waals surface area (Å²) >= 11 is 1.67. The number of nitrogens with zero attached hydrogens (tertiary/aromatic N) is 1. The second-order valence-corrected chi connectivity index (χ2v) is 8.07. The summed E-state index contributed by atoms with van der Waals surface area (Å²) in [5.74, 6) is 1.58. The van der Waals surface area contributed by atoms with Gasteiger partial charge in [0.15, 0.2) is 0 Å². The zero-order valence-corrected chi connectivity index (χ0v) is 13.5. The molecular weight excluding hydrogens is 294 g/mol. The molecule has 1 aromatic carbocycles. The third-order valence-electron chi connectivity index (χ3n) is 3.27. The predicted molar refractivity (Wildman–Crippen MR) is 82.7 cm³/mol. The van der Waals surface area contributed by atoms with Crippen molar-refractivity contribution in [3.63, 3.8) is 0 Å². The van der Waals surface area contributed by atoms with Crippen molar-refractivity contribution >= 4 is 21.8 Å². The molecule has 1 aliphatic heterocycles. The number of sulfonamides is 1. The fourth-order valence-electron chi connectivity index (χ4n) is 2.07. The first-order chi connectivity index (χ1) is 9.55. The van der Waals surface area contributed by atoms with Crippen molar-refractivity contribution in [1.29, 1.82) is 0 Å². The van der Waals surface area contributed by atoms with Gasteiger partial charge in [-0.2, -0.15) is 4.31 Å². The van der Waals surface area contributed by atoms with Crippen LogP contribution in [0.25, 0.3) is 0 Å². The summed E-state index contributed by atoms with van der Waals surface area (Å²) in [7, 11) is -3.37. The Hall–Kier alpha value is -0.720. The maximum absolute atomic E-state index is 12.5. The summed E-state index contributed by atoms with van der Waals surface area (Å²) in [6.45, 7) is 5.29. The molecule has 20 heavy (non-hydrogen) atoms. The van der Waals surface area contributed by atoms with Crippen molar-refractivity contribution in [3.8, 4) is 5.75 Å². The van der Waals surface area contributed by atoms with Crippen LogP contribution < -0.4 is 4.74 Å². The maximum Gasteiger partial charge on any atom is 0.244 e. The first kappa shape index (κ1) is 15.7. The van der Waals surface area contributed by atoms with E-state index in [0.29, 0.717) is 18.0 Å². The van der Waals surface area contributed by atoms with Crippen LogP contribution in [0.4, 0.5) is 0 Å². The Bertz CT molecular complexity index is 528. The average Bonchev–Trinajstić information content (AvgIpc) is 2.87. The van der Waals surface area contributed by atoms with E-state index < -0.39 is 10.0 Å². The molecule has 1 aromatic rings. The lowest BCUT2D eigenvalue weighted by atomic mass is 10.3. The SMILES string of the molecule is CCCCOc1ccc(S(=O)(=O)N2CCSC2C)cc1. The van der Waals surface area contributed by atoms with Crippen molar-refractivity contribution in [1.82, 2.24) is 4.31 Å². The zero-order chi connectivity index (χ0) is 14.6. The van der Waals surface area contributed by atoms with E-state index in [9.17, 15) is 8.42 Å². The molecular formula is C14H21NO3S2. The molecule has 1 saturated heterocycles. The van der Waals surface area contributed by atoms with Crippen molar-refractivity contribution < 1.29 is 13.2 Å². The Kier molecular flexibility index (Phi) is 5.35. The molecule has 0 spiro atoms. The lowest BCUT2D eigenvalue weighted by molar-refractivity contribution is 0.309. The highest BCUT2D eigenvalue weighted by molar-refractivity contribution is 8.01. The molecule has 0 N–H and O–H groups in total. The Morgan fingerprint density at radius 3 is 2.60 bits per heavy atom. The number of hydrogen-bond acceptors (Lipinski definition) is 4. The van der Waals surface area contributed by atoms with E-state index in [1.54, 1.807) is 40.3 Å². The molecule has 0 aromatic heterocycles. The van der Waals surface area contributed by atoms with Crippen LogP contribution in [0.5, 0.6) is 5.75 Å².